The predicted octanol–water partition coefficient (Wildman–Crippen LogP) is 1.06. The van der Waals surface area contributed by atoms with Crippen LogP contribution in [-0.4, -0.2) is 186 Å². The standard InChI is InChI=1S/C48H80N6O16/c1-38(18-21-64-24-25-66-28-29-68-32-33-70-35-34-69-31-30-67-27-26-65-23-22-62-3)49-19-9-7-10-42(54-44(57)11-6-5-8-20-50-43(56)16-17-46(59)63-4)48(61)51-36-45(58)52-39(2)47(60)53-41-14-12-40(37-55)13-15-41/h12-17,39,42,49,55H,1,5-11,18-37H2,2-4H3,(H,50,56)(H,51,61)(H,52,58)(H,53,60)(H,54,57)/b17-16-. The Balaban J connectivity index is 2.31. The number of ether oxygens (including phenoxy) is 9. The van der Waals surface area contributed by atoms with Gasteiger partial charge in [0.25, 0.3) is 0 Å². The molecule has 0 heterocycles. The molecule has 0 spiro atoms. The Hall–Kier alpha value is -5.04. The number of carbonyl (C=O) groups excluding carboxylic acids is 6. The first kappa shape index (κ1) is 63.0. The van der Waals surface area contributed by atoms with E-state index in [4.69, 9.17) is 37.9 Å². The van der Waals surface area contributed by atoms with E-state index in [1.54, 1.807) is 31.4 Å². The minimum atomic E-state index is -0.920. The van der Waals surface area contributed by atoms with Gasteiger partial charge < -0.3 is 79.6 Å². The van der Waals surface area contributed by atoms with Gasteiger partial charge in [0, 0.05) is 56.6 Å². The molecule has 5 amide bonds. The van der Waals surface area contributed by atoms with E-state index in [9.17, 15) is 33.9 Å². The molecule has 1 aromatic rings. The molecule has 22 heteroatoms. The predicted molar refractivity (Wildman–Crippen MR) is 259 cm³/mol. The molecule has 1 rings (SSSR count). The fraction of sp³-hybridized carbons (Fsp3) is 0.667. The Morgan fingerprint density at radius 2 is 1.11 bits per heavy atom. The van der Waals surface area contributed by atoms with Gasteiger partial charge in [-0.25, -0.2) is 4.79 Å². The van der Waals surface area contributed by atoms with E-state index in [1.165, 1.54) is 14.0 Å². The Bertz CT molecular complexity index is 1620. The number of aliphatic hydroxyl groups excluding tert-OH is 1. The topological polar surface area (TPSA) is 278 Å². The number of aliphatic hydroxyl groups is 1. The van der Waals surface area contributed by atoms with Crippen LogP contribution in [0.3, 0.4) is 0 Å². The zero-order valence-corrected chi connectivity index (χ0v) is 41.5. The van der Waals surface area contributed by atoms with Crippen LogP contribution in [0, 0.1) is 0 Å². The van der Waals surface area contributed by atoms with Gasteiger partial charge in [-0.1, -0.05) is 25.1 Å². The van der Waals surface area contributed by atoms with Crippen molar-refractivity contribution >= 4 is 41.2 Å². The molecule has 2 atom stereocenters. The average Bonchev–Trinajstić information content (AvgIpc) is 3.35. The van der Waals surface area contributed by atoms with Gasteiger partial charge in [-0.3, -0.25) is 24.0 Å². The number of carbonyl (C=O) groups is 6. The minimum absolute atomic E-state index is 0.134. The number of unbranched alkanes of at least 4 members (excludes halogenated alkanes) is 3. The van der Waals surface area contributed by atoms with E-state index in [0.29, 0.717) is 168 Å². The summed E-state index contributed by atoms with van der Waals surface area (Å²) < 4.78 is 47.7. The second kappa shape index (κ2) is 43.9. The third-order valence-electron chi connectivity index (χ3n) is 9.71. The SMILES string of the molecule is C=C(CCOCCOCCOCCOCCOCCOCCOCCOC)NCCCCC(NC(=O)CCCCCNC(=O)/C=C\C(=O)OC)C(=O)NCC(=O)NC(C)C(=O)Nc1ccc(CO)cc1. The second-order valence-corrected chi connectivity index (χ2v) is 15.5. The van der Waals surface area contributed by atoms with Crippen molar-refractivity contribution < 1.29 is 76.5 Å². The largest absolute Gasteiger partial charge is 0.466 e. The van der Waals surface area contributed by atoms with Gasteiger partial charge in [-0.05, 0) is 56.7 Å². The number of nitrogens with one attached hydrogen (secondary N) is 6. The Morgan fingerprint density at radius 3 is 1.66 bits per heavy atom. The van der Waals surface area contributed by atoms with Gasteiger partial charge in [0.05, 0.1) is 119 Å². The first-order valence-electron chi connectivity index (χ1n) is 23.8. The normalized spacial score (nSPS) is 11.9. The molecule has 0 saturated heterocycles. The van der Waals surface area contributed by atoms with Crippen molar-refractivity contribution in [1.82, 2.24) is 26.6 Å². The number of anilines is 1. The third kappa shape index (κ3) is 36.9. The summed E-state index contributed by atoms with van der Waals surface area (Å²) >= 11 is 0. The fourth-order valence-electron chi connectivity index (χ4n) is 5.78. The molecule has 0 fully saturated rings. The quantitative estimate of drug-likeness (QED) is 0.0273. The molecule has 1 aromatic carbocycles. The lowest BCUT2D eigenvalue weighted by molar-refractivity contribution is -0.135. The van der Waals surface area contributed by atoms with Crippen molar-refractivity contribution in [2.45, 2.75) is 77.0 Å². The fourth-order valence-corrected chi connectivity index (χ4v) is 5.78. The molecule has 0 bridgehead atoms. The Kier molecular flexibility index (Phi) is 39.5. The van der Waals surface area contributed by atoms with Crippen LogP contribution in [-0.2, 0) is 78.0 Å². The van der Waals surface area contributed by atoms with Gasteiger partial charge in [0.1, 0.15) is 12.1 Å². The maximum atomic E-state index is 13.3. The second-order valence-electron chi connectivity index (χ2n) is 15.5. The molecule has 0 aliphatic carbocycles. The number of hydrogen-bond acceptors (Lipinski definition) is 17. The molecule has 2 unspecified atom stereocenters. The van der Waals surface area contributed by atoms with E-state index >= 15 is 0 Å². The summed E-state index contributed by atoms with van der Waals surface area (Å²) in [6, 6.07) is 4.75. The van der Waals surface area contributed by atoms with Crippen LogP contribution >= 0.6 is 0 Å². The highest BCUT2D eigenvalue weighted by atomic mass is 16.6. The van der Waals surface area contributed by atoms with Crippen LogP contribution in [0.15, 0.2) is 48.7 Å². The first-order chi connectivity index (χ1) is 34.0. The molecule has 70 heavy (non-hydrogen) atoms. The molecule has 0 saturated carbocycles. The Morgan fingerprint density at radius 1 is 0.586 bits per heavy atom. The summed E-state index contributed by atoms with van der Waals surface area (Å²) in [5.74, 6) is -3.04. The molecule has 0 aliphatic rings. The zero-order valence-electron chi connectivity index (χ0n) is 41.5. The molecule has 0 radical (unpaired) electrons. The van der Waals surface area contributed by atoms with Gasteiger partial charge in [-0.2, -0.15) is 0 Å². The smallest absolute Gasteiger partial charge is 0.330 e. The van der Waals surface area contributed by atoms with Crippen molar-refractivity contribution in [3.8, 4) is 0 Å². The van der Waals surface area contributed by atoms with Crippen LogP contribution in [0.2, 0.25) is 0 Å². The number of rotatable bonds is 46. The lowest BCUT2D eigenvalue weighted by Crippen LogP contribution is -2.50. The number of amides is 5. The lowest BCUT2D eigenvalue weighted by Gasteiger charge is -2.19. The van der Waals surface area contributed by atoms with Crippen LogP contribution in [0.1, 0.15) is 63.9 Å². The maximum absolute atomic E-state index is 13.3. The first-order valence-corrected chi connectivity index (χ1v) is 23.8. The summed E-state index contributed by atoms with van der Waals surface area (Å²) in [5.41, 5.74) is 1.96. The molecule has 7 N–H and O–H groups in total. The summed E-state index contributed by atoms with van der Waals surface area (Å²) in [4.78, 5) is 74.5. The molecule has 0 aliphatic heterocycles. The van der Waals surface area contributed by atoms with Gasteiger partial charge >= 0.3 is 5.97 Å². The van der Waals surface area contributed by atoms with Crippen molar-refractivity contribution in [3.63, 3.8) is 0 Å². The van der Waals surface area contributed by atoms with Gasteiger partial charge in [0.2, 0.25) is 29.5 Å². The number of esters is 1. The van der Waals surface area contributed by atoms with E-state index in [1.807, 2.05) is 0 Å². The molecular formula is C48H80N6O16. The maximum Gasteiger partial charge on any atom is 0.330 e. The van der Waals surface area contributed by atoms with Crippen LogP contribution in [0.25, 0.3) is 0 Å². The van der Waals surface area contributed by atoms with Crippen LogP contribution < -0.4 is 31.9 Å². The highest BCUT2D eigenvalue weighted by molar-refractivity contribution is 5.98. The Labute approximate surface area is 412 Å². The van der Waals surface area contributed by atoms with Crippen LogP contribution in [0.5, 0.6) is 0 Å². The average molecular weight is 997 g/mol. The number of hydrogen-bond donors (Lipinski definition) is 7. The van der Waals surface area contributed by atoms with Gasteiger partial charge in [-0.15, -0.1) is 0 Å². The number of methoxy groups -OCH3 is 2. The van der Waals surface area contributed by atoms with E-state index in [-0.39, 0.29) is 18.9 Å². The third-order valence-corrected chi connectivity index (χ3v) is 9.71. The molecule has 398 valence electrons. The summed E-state index contributed by atoms with van der Waals surface area (Å²) in [6.45, 7) is 13.1. The lowest BCUT2D eigenvalue weighted by atomic mass is 10.1. The molecule has 0 aromatic heterocycles. The van der Waals surface area contributed by atoms with E-state index in [2.05, 4.69) is 43.2 Å². The van der Waals surface area contributed by atoms with E-state index in [0.717, 1.165) is 17.8 Å². The minimum Gasteiger partial charge on any atom is -0.466 e. The highest BCUT2D eigenvalue weighted by Crippen LogP contribution is 2.10. The van der Waals surface area contributed by atoms with E-state index < -0.39 is 48.2 Å². The van der Waals surface area contributed by atoms with Crippen molar-refractivity contribution in [2.75, 3.05) is 138 Å². The summed E-state index contributed by atoms with van der Waals surface area (Å²) in [5, 5.41) is 25.7. The highest BCUT2D eigenvalue weighted by Gasteiger charge is 2.22. The molecule has 22 nitrogen and oxygen atoms in total. The monoisotopic (exact) mass is 997 g/mol. The summed E-state index contributed by atoms with van der Waals surface area (Å²) in [6.07, 6.45) is 6.07. The zero-order chi connectivity index (χ0) is 51.3. The van der Waals surface area contributed by atoms with Crippen molar-refractivity contribution in [2.24, 2.45) is 0 Å². The molecular weight excluding hydrogens is 917 g/mol. The van der Waals surface area contributed by atoms with Crippen LogP contribution in [0.4, 0.5) is 5.69 Å². The summed E-state index contributed by atoms with van der Waals surface area (Å²) in [7, 11) is 2.84. The number of benzene rings is 1. The van der Waals surface area contributed by atoms with Crippen molar-refractivity contribution in [3.05, 3.63) is 54.3 Å². The van der Waals surface area contributed by atoms with Gasteiger partial charge in [0.15, 0.2) is 0 Å². The van der Waals surface area contributed by atoms with Crippen molar-refractivity contribution in [1.29, 1.82) is 0 Å².